The third kappa shape index (κ3) is 2.73. The standard InChI is InChI=1S/C13H11ClN4O4/c14-9-3-2-8(6-11(9)18(20)21)15-13(19)10-7-12-17(16-10)4-1-5-22-12/h2-3,6-7H,1,4-5H2,(H,15,19). The van der Waals surface area contributed by atoms with Gasteiger partial charge in [0.15, 0.2) is 5.69 Å². The van der Waals surface area contributed by atoms with Crippen LogP contribution in [-0.4, -0.2) is 27.2 Å². The van der Waals surface area contributed by atoms with Gasteiger partial charge in [0.2, 0.25) is 5.88 Å². The SMILES string of the molecule is O=C(Nc1ccc(Cl)c([N+](=O)[O-])c1)c1cc2n(n1)CCCO2. The molecule has 0 atom stereocenters. The molecule has 9 heteroatoms. The van der Waals surface area contributed by atoms with Gasteiger partial charge in [-0.1, -0.05) is 11.6 Å². The lowest BCUT2D eigenvalue weighted by atomic mass is 10.2. The molecular formula is C13H11ClN4O4. The van der Waals surface area contributed by atoms with Crippen molar-refractivity contribution < 1.29 is 14.5 Å². The van der Waals surface area contributed by atoms with Crippen LogP contribution in [0.4, 0.5) is 11.4 Å². The van der Waals surface area contributed by atoms with Gasteiger partial charge in [-0.25, -0.2) is 4.68 Å². The van der Waals surface area contributed by atoms with Crippen LogP contribution < -0.4 is 10.1 Å². The van der Waals surface area contributed by atoms with Gasteiger partial charge in [0, 0.05) is 30.8 Å². The summed E-state index contributed by atoms with van der Waals surface area (Å²) in [6.07, 6.45) is 0.832. The van der Waals surface area contributed by atoms with Crippen LogP contribution in [0.1, 0.15) is 16.9 Å². The fourth-order valence-corrected chi connectivity index (χ4v) is 2.29. The molecule has 8 nitrogen and oxygen atoms in total. The van der Waals surface area contributed by atoms with Crippen molar-refractivity contribution in [1.82, 2.24) is 9.78 Å². The molecule has 1 amide bonds. The summed E-state index contributed by atoms with van der Waals surface area (Å²) in [7, 11) is 0. The maximum absolute atomic E-state index is 12.2. The molecule has 0 aliphatic carbocycles. The third-order valence-corrected chi connectivity index (χ3v) is 3.46. The fraction of sp³-hybridized carbons (Fsp3) is 0.231. The number of halogens is 1. The summed E-state index contributed by atoms with van der Waals surface area (Å²) in [5, 5.41) is 17.5. The van der Waals surface area contributed by atoms with E-state index in [9.17, 15) is 14.9 Å². The van der Waals surface area contributed by atoms with E-state index in [1.165, 1.54) is 18.2 Å². The van der Waals surface area contributed by atoms with E-state index in [1.54, 1.807) is 10.7 Å². The van der Waals surface area contributed by atoms with Crippen LogP contribution >= 0.6 is 11.6 Å². The molecule has 1 N–H and O–H groups in total. The number of nitrogens with zero attached hydrogens (tertiary/aromatic N) is 3. The Morgan fingerprint density at radius 3 is 3.00 bits per heavy atom. The van der Waals surface area contributed by atoms with Crippen LogP contribution in [0.5, 0.6) is 5.88 Å². The van der Waals surface area contributed by atoms with Crippen LogP contribution in [0.2, 0.25) is 5.02 Å². The van der Waals surface area contributed by atoms with Gasteiger partial charge in [-0.05, 0) is 12.1 Å². The van der Waals surface area contributed by atoms with Crippen molar-refractivity contribution in [2.75, 3.05) is 11.9 Å². The van der Waals surface area contributed by atoms with Gasteiger partial charge in [-0.15, -0.1) is 0 Å². The van der Waals surface area contributed by atoms with Gasteiger partial charge in [0.05, 0.1) is 11.5 Å². The van der Waals surface area contributed by atoms with Crippen LogP contribution in [-0.2, 0) is 6.54 Å². The number of amides is 1. The highest BCUT2D eigenvalue weighted by molar-refractivity contribution is 6.32. The van der Waals surface area contributed by atoms with Crippen molar-refractivity contribution in [3.63, 3.8) is 0 Å². The topological polar surface area (TPSA) is 99.3 Å². The molecule has 114 valence electrons. The Bertz CT molecular complexity index is 735. The Labute approximate surface area is 129 Å². The van der Waals surface area contributed by atoms with E-state index in [4.69, 9.17) is 16.3 Å². The largest absolute Gasteiger partial charge is 0.478 e. The predicted molar refractivity (Wildman–Crippen MR) is 78.4 cm³/mol. The number of hydrogen-bond acceptors (Lipinski definition) is 5. The van der Waals surface area contributed by atoms with E-state index in [0.29, 0.717) is 19.0 Å². The molecule has 1 aromatic carbocycles. The van der Waals surface area contributed by atoms with Gasteiger partial charge in [-0.3, -0.25) is 14.9 Å². The first-order valence-corrected chi connectivity index (χ1v) is 6.88. The number of nitrogens with one attached hydrogen (secondary N) is 1. The zero-order valence-electron chi connectivity index (χ0n) is 11.3. The van der Waals surface area contributed by atoms with Crippen molar-refractivity contribution in [2.45, 2.75) is 13.0 Å². The second-order valence-corrected chi connectivity index (χ2v) is 5.08. The second kappa shape index (κ2) is 5.64. The van der Waals surface area contributed by atoms with Crippen LogP contribution in [0.15, 0.2) is 24.3 Å². The number of rotatable bonds is 3. The van der Waals surface area contributed by atoms with E-state index in [-0.39, 0.29) is 22.1 Å². The minimum atomic E-state index is -0.610. The summed E-state index contributed by atoms with van der Waals surface area (Å²) in [5.74, 6) is 0.0700. The quantitative estimate of drug-likeness (QED) is 0.691. The van der Waals surface area contributed by atoms with Crippen LogP contribution in [0.3, 0.4) is 0 Å². The molecular weight excluding hydrogens is 312 g/mol. The number of carbonyl (C=O) groups is 1. The Balaban J connectivity index is 1.81. The van der Waals surface area contributed by atoms with Crippen molar-refractivity contribution in [2.24, 2.45) is 0 Å². The Morgan fingerprint density at radius 2 is 2.27 bits per heavy atom. The van der Waals surface area contributed by atoms with Crippen LogP contribution in [0.25, 0.3) is 0 Å². The first kappa shape index (κ1) is 14.3. The number of fused-ring (bicyclic) bond motifs is 1. The molecule has 0 saturated carbocycles. The number of benzene rings is 1. The molecule has 0 fully saturated rings. The van der Waals surface area contributed by atoms with Gasteiger partial charge in [0.25, 0.3) is 11.6 Å². The van der Waals surface area contributed by atoms with Gasteiger partial charge < -0.3 is 10.1 Å². The average Bonchev–Trinajstić information content (AvgIpc) is 2.93. The van der Waals surface area contributed by atoms with Gasteiger partial charge >= 0.3 is 0 Å². The average molecular weight is 323 g/mol. The normalized spacial score (nSPS) is 13.1. The zero-order chi connectivity index (χ0) is 15.7. The molecule has 22 heavy (non-hydrogen) atoms. The lowest BCUT2D eigenvalue weighted by Crippen LogP contribution is -2.16. The fourth-order valence-electron chi connectivity index (χ4n) is 2.10. The highest BCUT2D eigenvalue weighted by atomic mass is 35.5. The lowest BCUT2D eigenvalue weighted by Gasteiger charge is -2.13. The molecule has 0 bridgehead atoms. The number of nitro groups is 1. The number of nitro benzene ring substituents is 1. The highest BCUT2D eigenvalue weighted by Gasteiger charge is 2.19. The van der Waals surface area contributed by atoms with E-state index in [0.717, 1.165) is 6.42 Å². The van der Waals surface area contributed by atoms with E-state index in [2.05, 4.69) is 10.4 Å². The van der Waals surface area contributed by atoms with Crippen molar-refractivity contribution >= 4 is 28.9 Å². The van der Waals surface area contributed by atoms with Crippen LogP contribution in [0, 0.1) is 10.1 Å². The summed E-state index contributed by atoms with van der Waals surface area (Å²) in [6, 6.07) is 5.59. The number of ether oxygens (including phenoxy) is 1. The molecule has 1 aromatic heterocycles. The highest BCUT2D eigenvalue weighted by Crippen LogP contribution is 2.27. The van der Waals surface area contributed by atoms with E-state index < -0.39 is 10.8 Å². The first-order chi connectivity index (χ1) is 10.5. The molecule has 2 heterocycles. The second-order valence-electron chi connectivity index (χ2n) is 4.67. The summed E-state index contributed by atoms with van der Waals surface area (Å²) in [4.78, 5) is 22.4. The molecule has 3 rings (SSSR count). The minimum Gasteiger partial charge on any atom is -0.478 e. The summed E-state index contributed by atoms with van der Waals surface area (Å²) < 4.78 is 7.00. The Kier molecular flexibility index (Phi) is 3.68. The van der Waals surface area contributed by atoms with Crippen molar-refractivity contribution in [3.8, 4) is 5.88 Å². The molecule has 1 aliphatic rings. The van der Waals surface area contributed by atoms with Gasteiger partial charge in [0.1, 0.15) is 5.02 Å². The third-order valence-electron chi connectivity index (χ3n) is 3.14. The molecule has 2 aromatic rings. The number of hydrogen-bond donors (Lipinski definition) is 1. The molecule has 1 aliphatic heterocycles. The van der Waals surface area contributed by atoms with E-state index >= 15 is 0 Å². The van der Waals surface area contributed by atoms with Crippen molar-refractivity contribution in [1.29, 1.82) is 0 Å². The summed E-state index contributed by atoms with van der Waals surface area (Å²) >= 11 is 5.73. The maximum atomic E-state index is 12.2. The number of aryl methyl sites for hydroxylation is 1. The molecule has 0 unspecified atom stereocenters. The number of aromatic nitrogens is 2. The first-order valence-electron chi connectivity index (χ1n) is 6.50. The smallest absolute Gasteiger partial charge is 0.289 e. The van der Waals surface area contributed by atoms with E-state index in [1.807, 2.05) is 0 Å². The maximum Gasteiger partial charge on any atom is 0.289 e. The predicted octanol–water partition coefficient (Wildman–Crippen LogP) is 2.48. The molecule has 0 spiro atoms. The minimum absolute atomic E-state index is 0.00820. The van der Waals surface area contributed by atoms with Gasteiger partial charge in [-0.2, -0.15) is 5.10 Å². The zero-order valence-corrected chi connectivity index (χ0v) is 12.0. The summed E-state index contributed by atoms with van der Waals surface area (Å²) in [6.45, 7) is 1.28. The monoisotopic (exact) mass is 322 g/mol. The number of anilines is 1. The molecule has 0 radical (unpaired) electrons. The van der Waals surface area contributed by atoms with Crippen molar-refractivity contribution in [3.05, 3.63) is 45.1 Å². The number of carbonyl (C=O) groups excluding carboxylic acids is 1. The lowest BCUT2D eigenvalue weighted by molar-refractivity contribution is -0.384. The Morgan fingerprint density at radius 1 is 1.45 bits per heavy atom. The summed E-state index contributed by atoms with van der Waals surface area (Å²) in [5.41, 5.74) is 0.189. The molecule has 0 saturated heterocycles. The Hall–Kier alpha value is -2.61.